The minimum atomic E-state index is -1.05. The molecule has 1 N–H and O–H groups in total. The van der Waals surface area contributed by atoms with Crippen LogP contribution in [0.4, 0.5) is 26.1 Å². The fourth-order valence-electron chi connectivity index (χ4n) is 8.39. The molecule has 4 heterocycles. The number of rotatable bonds is 10. The van der Waals surface area contributed by atoms with Gasteiger partial charge < -0.3 is 29.5 Å². The maximum absolute atomic E-state index is 14.9. The number of hydrogen-bond acceptors (Lipinski definition) is 10. The number of carbonyl (C=O) groups excluding carboxylic acids is 1. The second-order valence-electron chi connectivity index (χ2n) is 14.3. The second-order valence-corrected chi connectivity index (χ2v) is 14.3. The molecule has 1 amide bonds. The summed E-state index contributed by atoms with van der Waals surface area (Å²) in [6.07, 6.45) is 15.2. The van der Waals surface area contributed by atoms with E-state index in [0.717, 1.165) is 43.4 Å². The predicted octanol–water partition coefficient (Wildman–Crippen LogP) is 4.90. The van der Waals surface area contributed by atoms with Crippen molar-refractivity contribution in [2.24, 2.45) is 0 Å². The molecule has 2 aromatic heterocycles. The molecule has 0 radical (unpaired) electrons. The van der Waals surface area contributed by atoms with Crippen molar-refractivity contribution in [3.05, 3.63) is 66.0 Å². The summed E-state index contributed by atoms with van der Waals surface area (Å²) < 4.78 is 42.1. The summed E-state index contributed by atoms with van der Waals surface area (Å²) in [6, 6.07) is 4.89. The van der Waals surface area contributed by atoms with Crippen LogP contribution in [0.5, 0.6) is 11.8 Å². The van der Waals surface area contributed by atoms with Crippen LogP contribution in [0.3, 0.4) is 0 Å². The van der Waals surface area contributed by atoms with Crippen LogP contribution in [0.25, 0.3) is 0 Å². The lowest BCUT2D eigenvalue weighted by Crippen LogP contribution is -2.51. The fraction of sp³-hybridized carbons (Fsp3) is 0.500. The molecular formula is C38H44F2N8O3. The number of hydrogen-bond donors (Lipinski definition) is 1. The lowest BCUT2D eigenvalue weighted by molar-refractivity contribution is -0.129. The second kappa shape index (κ2) is 14.0. The topological polar surface area (TPSA) is 109 Å². The zero-order valence-electron chi connectivity index (χ0n) is 29.2. The van der Waals surface area contributed by atoms with Gasteiger partial charge in [0.2, 0.25) is 5.91 Å². The first-order valence-corrected chi connectivity index (χ1v) is 17.7. The molecule has 11 nitrogen and oxygen atoms in total. The highest BCUT2D eigenvalue weighted by Gasteiger charge is 2.45. The molecule has 0 unspecified atom stereocenters. The molecule has 2 aliphatic carbocycles. The Morgan fingerprint density at radius 1 is 1.29 bits per heavy atom. The maximum atomic E-state index is 14.9. The maximum Gasteiger partial charge on any atom is 0.318 e. The van der Waals surface area contributed by atoms with Gasteiger partial charge in [-0.15, -0.1) is 6.42 Å². The Bertz CT molecular complexity index is 1830. The van der Waals surface area contributed by atoms with Crippen LogP contribution in [-0.2, 0) is 17.6 Å². The zero-order chi connectivity index (χ0) is 35.8. The van der Waals surface area contributed by atoms with E-state index in [1.807, 2.05) is 18.9 Å². The fourth-order valence-corrected chi connectivity index (χ4v) is 8.39. The van der Waals surface area contributed by atoms with Crippen molar-refractivity contribution >= 4 is 23.2 Å². The normalized spacial score (nSPS) is 23.4. The molecule has 1 saturated heterocycles. The first-order chi connectivity index (χ1) is 24.6. The number of nitrogens with zero attached hydrogens (tertiary/aromatic N) is 7. The quantitative estimate of drug-likeness (QED) is 0.232. The monoisotopic (exact) mass is 698 g/mol. The van der Waals surface area contributed by atoms with Crippen LogP contribution in [0, 0.1) is 18.2 Å². The van der Waals surface area contributed by atoms with Gasteiger partial charge in [-0.3, -0.25) is 4.79 Å². The number of likely N-dealkylation sites (N-methyl/N-ethyl adjacent to an activating group) is 1. The summed E-state index contributed by atoms with van der Waals surface area (Å²) in [7, 11) is 1.84. The number of amides is 1. The summed E-state index contributed by atoms with van der Waals surface area (Å²) in [5.41, 5.74) is 1.48. The van der Waals surface area contributed by atoms with E-state index in [1.165, 1.54) is 18.5 Å². The molecule has 0 spiro atoms. The predicted molar refractivity (Wildman–Crippen MR) is 190 cm³/mol. The molecule has 3 atom stereocenters. The number of carbonyl (C=O) groups is 1. The van der Waals surface area contributed by atoms with Crippen molar-refractivity contribution in [2.75, 3.05) is 55.0 Å². The zero-order valence-corrected chi connectivity index (χ0v) is 29.2. The Morgan fingerprint density at radius 3 is 2.86 bits per heavy atom. The number of nitrogens with one attached hydrogen (secondary N) is 1. The van der Waals surface area contributed by atoms with Gasteiger partial charge in [0.1, 0.15) is 48.9 Å². The number of terminal acetylenes is 1. The number of benzene rings is 1. The third-order valence-corrected chi connectivity index (χ3v) is 11.2. The Balaban J connectivity index is 1.20. The summed E-state index contributed by atoms with van der Waals surface area (Å²) in [5, 5.41) is 3.61. The first kappa shape index (κ1) is 34.5. The summed E-state index contributed by atoms with van der Waals surface area (Å²) >= 11 is 0. The van der Waals surface area contributed by atoms with Gasteiger partial charge in [-0.25, -0.2) is 18.7 Å². The van der Waals surface area contributed by atoms with E-state index in [2.05, 4.69) is 32.7 Å². The summed E-state index contributed by atoms with van der Waals surface area (Å²) in [4.78, 5) is 36.9. The lowest BCUT2D eigenvalue weighted by atomic mass is 9.89. The number of halogens is 2. The molecule has 13 heteroatoms. The van der Waals surface area contributed by atoms with Gasteiger partial charge in [-0.05, 0) is 56.9 Å². The van der Waals surface area contributed by atoms with E-state index in [1.54, 1.807) is 23.2 Å². The van der Waals surface area contributed by atoms with Gasteiger partial charge in [0.25, 0.3) is 0 Å². The van der Waals surface area contributed by atoms with Gasteiger partial charge in [-0.2, -0.15) is 9.97 Å². The van der Waals surface area contributed by atoms with E-state index >= 15 is 0 Å². The standard InChI is InChI=1S/C38H44F2N8O3/c1-5-27-29(40)11-12-31-34(27)47(17-18-50-31)26-9-10-28-30(19-26)44-36(45-35(28)42-22-38(14-7-8-15-38)46(4)33(49)6-2)51-23-37(3)20-25(39)21-48(37)32-13-16-41-24-43-32/h1,6,11-13,16,24-26H,2,7-10,14-15,17-23H2,3-4H3,(H,42,44,45)/t25-,26-,37+/m1/s1. The number of ether oxygens (including phenoxy) is 2. The molecule has 1 aromatic carbocycles. The van der Waals surface area contributed by atoms with Crippen molar-refractivity contribution in [1.29, 1.82) is 0 Å². The van der Waals surface area contributed by atoms with E-state index < -0.39 is 17.5 Å². The van der Waals surface area contributed by atoms with Crippen molar-refractivity contribution < 1.29 is 23.0 Å². The van der Waals surface area contributed by atoms with Gasteiger partial charge in [-0.1, -0.05) is 25.3 Å². The van der Waals surface area contributed by atoms with Crippen molar-refractivity contribution in [1.82, 2.24) is 24.8 Å². The molecule has 4 aliphatic rings. The largest absolute Gasteiger partial charge is 0.490 e. The Labute approximate surface area is 297 Å². The number of alkyl halides is 1. The van der Waals surface area contributed by atoms with E-state index in [4.69, 9.17) is 25.9 Å². The summed E-state index contributed by atoms with van der Waals surface area (Å²) in [6.45, 7) is 7.49. The Morgan fingerprint density at radius 2 is 2.12 bits per heavy atom. The van der Waals surface area contributed by atoms with Crippen molar-refractivity contribution in [2.45, 2.75) is 81.6 Å². The SMILES string of the molecule is C#Cc1c(F)ccc2c1N([C@@H]1CCc3c(nc(OC[C@]4(C)C[C@@H](F)CN4c4ccncn4)nc3NCC3(N(C)C(=O)C=C)CCCC3)C1)CCO2. The molecule has 1 saturated carbocycles. The van der Waals surface area contributed by atoms with Crippen LogP contribution in [0.15, 0.2) is 43.4 Å². The van der Waals surface area contributed by atoms with Crippen LogP contribution in [0.2, 0.25) is 0 Å². The third-order valence-electron chi connectivity index (χ3n) is 11.2. The number of anilines is 3. The van der Waals surface area contributed by atoms with Crippen LogP contribution in [-0.4, -0.2) is 93.9 Å². The highest BCUT2D eigenvalue weighted by Crippen LogP contribution is 2.41. The van der Waals surface area contributed by atoms with Gasteiger partial charge >= 0.3 is 6.01 Å². The molecule has 2 aliphatic heterocycles. The van der Waals surface area contributed by atoms with Gasteiger partial charge in [0.05, 0.1) is 41.1 Å². The number of aromatic nitrogens is 4. The molecule has 3 aromatic rings. The average Bonchev–Trinajstić information content (AvgIpc) is 3.76. The van der Waals surface area contributed by atoms with Crippen LogP contribution < -0.4 is 24.6 Å². The van der Waals surface area contributed by atoms with Crippen LogP contribution in [0.1, 0.15) is 62.3 Å². The Hall–Kier alpha value is -4.99. The van der Waals surface area contributed by atoms with Crippen molar-refractivity contribution in [3.63, 3.8) is 0 Å². The van der Waals surface area contributed by atoms with Crippen LogP contribution >= 0.6 is 0 Å². The molecule has 51 heavy (non-hydrogen) atoms. The van der Waals surface area contributed by atoms with Crippen molar-refractivity contribution in [3.8, 4) is 24.1 Å². The number of fused-ring (bicyclic) bond motifs is 2. The Kier molecular flexibility index (Phi) is 9.44. The third kappa shape index (κ3) is 6.52. The minimum absolute atomic E-state index is 0.0323. The molecular weight excluding hydrogens is 654 g/mol. The highest BCUT2D eigenvalue weighted by molar-refractivity contribution is 5.87. The minimum Gasteiger partial charge on any atom is -0.490 e. The van der Waals surface area contributed by atoms with E-state index in [9.17, 15) is 13.6 Å². The molecule has 2 fully saturated rings. The van der Waals surface area contributed by atoms with Gasteiger partial charge in [0, 0.05) is 44.2 Å². The first-order valence-electron chi connectivity index (χ1n) is 17.7. The van der Waals surface area contributed by atoms with E-state index in [0.29, 0.717) is 55.6 Å². The molecule has 0 bridgehead atoms. The average molecular weight is 699 g/mol. The highest BCUT2D eigenvalue weighted by atomic mass is 19.1. The van der Waals surface area contributed by atoms with E-state index in [-0.39, 0.29) is 48.6 Å². The summed E-state index contributed by atoms with van der Waals surface area (Å²) in [5.74, 6) is 3.82. The molecule has 268 valence electrons. The lowest BCUT2D eigenvalue weighted by Gasteiger charge is -2.41. The molecule has 7 rings (SSSR count). The smallest absolute Gasteiger partial charge is 0.318 e. The van der Waals surface area contributed by atoms with Gasteiger partial charge in [0.15, 0.2) is 0 Å².